The first-order valence-electron chi connectivity index (χ1n) is 9.49. The predicted octanol–water partition coefficient (Wildman–Crippen LogP) is 2.86. The minimum atomic E-state index is -0.0855. The highest BCUT2D eigenvalue weighted by Gasteiger charge is 2.44. The molecule has 1 aromatic heterocycles. The van der Waals surface area contributed by atoms with Gasteiger partial charge in [-0.15, -0.1) is 0 Å². The molecule has 2 aromatic rings. The first-order valence-corrected chi connectivity index (χ1v) is 9.49. The number of fused-ring (bicyclic) bond motifs is 3. The molecule has 1 aliphatic carbocycles. The van der Waals surface area contributed by atoms with Gasteiger partial charge in [-0.05, 0) is 43.0 Å². The molecule has 5 nitrogen and oxygen atoms in total. The van der Waals surface area contributed by atoms with Gasteiger partial charge < -0.3 is 9.64 Å². The second kappa shape index (κ2) is 6.40. The normalized spacial score (nSPS) is 25.4. The highest BCUT2D eigenvalue weighted by atomic mass is 16.5. The van der Waals surface area contributed by atoms with Crippen molar-refractivity contribution in [1.29, 1.82) is 0 Å². The second-order valence-electron chi connectivity index (χ2n) is 7.60. The van der Waals surface area contributed by atoms with E-state index in [9.17, 15) is 4.79 Å². The SMILES string of the molecule is O=C1[C@@H]2C[C@@H](CN2CC2CC2)Oc2ccccc2N1Cc1ccccn1. The number of aromatic nitrogens is 1. The third kappa shape index (κ3) is 2.97. The van der Waals surface area contributed by atoms with Gasteiger partial charge in [0, 0.05) is 25.7 Å². The maximum absolute atomic E-state index is 13.5. The Morgan fingerprint density at radius 1 is 1.12 bits per heavy atom. The number of para-hydroxylation sites is 2. The number of rotatable bonds is 4. The average molecular weight is 349 g/mol. The number of nitrogens with zero attached hydrogens (tertiary/aromatic N) is 3. The number of carbonyl (C=O) groups excluding carboxylic acids is 1. The molecule has 0 N–H and O–H groups in total. The Morgan fingerprint density at radius 3 is 2.77 bits per heavy atom. The Kier molecular flexibility index (Phi) is 3.89. The van der Waals surface area contributed by atoms with Crippen molar-refractivity contribution < 1.29 is 9.53 Å². The lowest BCUT2D eigenvalue weighted by Gasteiger charge is -2.31. The van der Waals surface area contributed by atoms with Gasteiger partial charge in [-0.2, -0.15) is 0 Å². The topological polar surface area (TPSA) is 45.7 Å². The summed E-state index contributed by atoms with van der Waals surface area (Å²) in [7, 11) is 0. The average Bonchev–Trinajstić information content (AvgIpc) is 3.38. The first kappa shape index (κ1) is 15.8. The van der Waals surface area contributed by atoms with Crippen LogP contribution in [0, 0.1) is 5.92 Å². The molecule has 3 heterocycles. The van der Waals surface area contributed by atoms with Gasteiger partial charge in [-0.3, -0.25) is 14.7 Å². The molecule has 26 heavy (non-hydrogen) atoms. The molecule has 0 spiro atoms. The largest absolute Gasteiger partial charge is 0.487 e. The van der Waals surface area contributed by atoms with Crippen LogP contribution in [0.1, 0.15) is 25.0 Å². The minimum absolute atomic E-state index is 0.0855. The van der Waals surface area contributed by atoms with Crippen LogP contribution in [0.2, 0.25) is 0 Å². The van der Waals surface area contributed by atoms with Crippen molar-refractivity contribution in [2.24, 2.45) is 5.92 Å². The number of pyridine rings is 1. The molecule has 1 saturated heterocycles. The number of hydrogen-bond donors (Lipinski definition) is 0. The molecule has 5 rings (SSSR count). The van der Waals surface area contributed by atoms with Gasteiger partial charge in [0.15, 0.2) is 0 Å². The lowest BCUT2D eigenvalue weighted by Crippen LogP contribution is -2.46. The Balaban J connectivity index is 1.51. The quantitative estimate of drug-likeness (QED) is 0.851. The van der Waals surface area contributed by atoms with E-state index in [1.165, 1.54) is 12.8 Å². The molecular weight excluding hydrogens is 326 g/mol. The highest BCUT2D eigenvalue weighted by molar-refractivity contribution is 5.99. The molecule has 5 heteroatoms. The van der Waals surface area contributed by atoms with E-state index in [0.717, 1.165) is 42.6 Å². The monoisotopic (exact) mass is 349 g/mol. The summed E-state index contributed by atoms with van der Waals surface area (Å²) in [4.78, 5) is 22.2. The summed E-state index contributed by atoms with van der Waals surface area (Å²) in [5.41, 5.74) is 1.74. The fraction of sp³-hybridized carbons (Fsp3) is 0.429. The van der Waals surface area contributed by atoms with E-state index in [0.29, 0.717) is 6.54 Å². The van der Waals surface area contributed by atoms with Gasteiger partial charge in [0.1, 0.15) is 11.9 Å². The van der Waals surface area contributed by atoms with Crippen molar-refractivity contribution in [1.82, 2.24) is 9.88 Å². The van der Waals surface area contributed by atoms with E-state index < -0.39 is 0 Å². The lowest BCUT2D eigenvalue weighted by atomic mass is 10.1. The summed E-state index contributed by atoms with van der Waals surface area (Å²) in [6, 6.07) is 13.6. The minimum Gasteiger partial charge on any atom is -0.487 e. The van der Waals surface area contributed by atoms with Crippen molar-refractivity contribution in [2.45, 2.75) is 38.0 Å². The van der Waals surface area contributed by atoms with Gasteiger partial charge in [0.05, 0.1) is 24.0 Å². The standard InChI is InChI=1S/C21H23N3O2/c25-21-19-11-17(14-23(19)12-15-8-9-15)26-20-7-2-1-6-18(20)24(21)13-16-5-3-4-10-22-16/h1-7,10,15,17,19H,8-9,11-14H2/t17-,19-/m0/s1. The summed E-state index contributed by atoms with van der Waals surface area (Å²) in [5.74, 6) is 1.74. The Bertz CT molecular complexity index is 806. The molecule has 134 valence electrons. The third-order valence-electron chi connectivity index (χ3n) is 5.60. The number of carbonyl (C=O) groups is 1. The molecular formula is C21H23N3O2. The van der Waals surface area contributed by atoms with Crippen LogP contribution < -0.4 is 9.64 Å². The van der Waals surface area contributed by atoms with Gasteiger partial charge in [0.2, 0.25) is 5.91 Å². The zero-order chi connectivity index (χ0) is 17.5. The van der Waals surface area contributed by atoms with Gasteiger partial charge in [0.25, 0.3) is 0 Å². The fourth-order valence-corrected chi connectivity index (χ4v) is 4.11. The molecule has 2 atom stereocenters. The van der Waals surface area contributed by atoms with Crippen molar-refractivity contribution in [3.05, 3.63) is 54.4 Å². The smallest absolute Gasteiger partial charge is 0.244 e. The summed E-state index contributed by atoms with van der Waals surface area (Å²) in [6.07, 6.45) is 5.23. The summed E-state index contributed by atoms with van der Waals surface area (Å²) >= 11 is 0. The molecule has 3 aliphatic rings. The number of benzene rings is 1. The highest BCUT2D eigenvalue weighted by Crippen LogP contribution is 2.38. The number of amides is 1. The van der Waals surface area contributed by atoms with Gasteiger partial charge in [-0.25, -0.2) is 0 Å². The molecule has 2 bridgehead atoms. The van der Waals surface area contributed by atoms with E-state index in [2.05, 4.69) is 9.88 Å². The zero-order valence-corrected chi connectivity index (χ0v) is 14.8. The molecule has 2 aliphatic heterocycles. The number of anilines is 1. The fourth-order valence-electron chi connectivity index (χ4n) is 4.11. The van der Waals surface area contributed by atoms with Crippen LogP contribution in [-0.4, -0.2) is 41.0 Å². The molecule has 2 fully saturated rings. The van der Waals surface area contributed by atoms with Crippen molar-refractivity contribution in [3.8, 4) is 5.75 Å². The molecule has 1 amide bonds. The van der Waals surface area contributed by atoms with E-state index in [4.69, 9.17) is 4.74 Å². The summed E-state index contributed by atoms with van der Waals surface area (Å²) in [5, 5.41) is 0. The molecule has 1 aromatic carbocycles. The maximum Gasteiger partial charge on any atom is 0.244 e. The van der Waals surface area contributed by atoms with Gasteiger partial charge in [-0.1, -0.05) is 18.2 Å². The third-order valence-corrected chi connectivity index (χ3v) is 5.60. The van der Waals surface area contributed by atoms with Crippen LogP contribution in [0.15, 0.2) is 48.7 Å². The summed E-state index contributed by atoms with van der Waals surface area (Å²) in [6.45, 7) is 2.33. The van der Waals surface area contributed by atoms with Crippen molar-refractivity contribution >= 4 is 11.6 Å². The molecule has 1 saturated carbocycles. The summed E-state index contributed by atoms with van der Waals surface area (Å²) < 4.78 is 6.32. The van der Waals surface area contributed by atoms with E-state index in [1.807, 2.05) is 47.4 Å². The van der Waals surface area contributed by atoms with E-state index >= 15 is 0 Å². The number of ether oxygens (including phenoxy) is 1. The Hall–Kier alpha value is -2.40. The van der Waals surface area contributed by atoms with Crippen LogP contribution in [0.25, 0.3) is 0 Å². The van der Waals surface area contributed by atoms with Crippen molar-refractivity contribution in [3.63, 3.8) is 0 Å². The molecule has 0 radical (unpaired) electrons. The second-order valence-corrected chi connectivity index (χ2v) is 7.60. The van der Waals surface area contributed by atoms with E-state index in [-0.39, 0.29) is 18.1 Å². The van der Waals surface area contributed by atoms with Crippen LogP contribution in [0.4, 0.5) is 5.69 Å². The zero-order valence-electron chi connectivity index (χ0n) is 14.8. The van der Waals surface area contributed by atoms with Crippen LogP contribution in [-0.2, 0) is 11.3 Å². The lowest BCUT2D eigenvalue weighted by molar-refractivity contribution is -0.123. The predicted molar refractivity (Wildman–Crippen MR) is 99.0 cm³/mol. The van der Waals surface area contributed by atoms with Crippen LogP contribution in [0.3, 0.4) is 0 Å². The number of hydrogen-bond acceptors (Lipinski definition) is 4. The van der Waals surface area contributed by atoms with Crippen LogP contribution in [0.5, 0.6) is 5.75 Å². The Morgan fingerprint density at radius 2 is 1.96 bits per heavy atom. The number of likely N-dealkylation sites (tertiary alicyclic amines) is 1. The van der Waals surface area contributed by atoms with Crippen LogP contribution >= 0.6 is 0 Å². The first-order chi connectivity index (χ1) is 12.8. The van der Waals surface area contributed by atoms with E-state index in [1.54, 1.807) is 6.20 Å². The molecule has 0 unspecified atom stereocenters. The van der Waals surface area contributed by atoms with Gasteiger partial charge >= 0.3 is 0 Å². The van der Waals surface area contributed by atoms with Crippen molar-refractivity contribution in [2.75, 3.05) is 18.0 Å². The Labute approximate surface area is 153 Å². The maximum atomic E-state index is 13.5.